The number of rotatable bonds is 3. The fraction of sp³-hybridized carbons (Fsp3) is 0.235. The molecule has 0 fully saturated rings. The third-order valence-corrected chi connectivity index (χ3v) is 6.56. The largest absolute Gasteiger partial charge is 0.458 e. The topological polar surface area (TPSA) is 73.8 Å². The van der Waals surface area contributed by atoms with Crippen LogP contribution in [0.5, 0.6) is 11.5 Å². The minimum absolute atomic E-state index is 0.125. The maximum atomic E-state index is 14.6. The normalized spacial score (nSPS) is 23.1. The molecule has 0 aromatic heterocycles. The summed E-state index contributed by atoms with van der Waals surface area (Å²) >= 11 is 0. The molecule has 0 radical (unpaired) electrons. The molecule has 0 aliphatic carbocycles. The zero-order valence-electron chi connectivity index (χ0n) is 13.7. The van der Waals surface area contributed by atoms with Crippen LogP contribution >= 0.6 is 0 Å². The van der Waals surface area contributed by atoms with Crippen molar-refractivity contribution in [1.82, 2.24) is 0 Å². The fourth-order valence-corrected chi connectivity index (χ4v) is 4.56. The highest BCUT2D eigenvalue weighted by molar-refractivity contribution is 7.93. The Morgan fingerprint density at radius 1 is 1.30 bits per heavy atom. The lowest BCUT2D eigenvalue weighted by Crippen LogP contribution is -2.35. The molecule has 1 aliphatic heterocycles. The number of nitrogens with two attached hydrogens (primary N) is 1. The molecule has 2 N–H and O–H groups in total. The van der Waals surface area contributed by atoms with Gasteiger partial charge < -0.3 is 10.5 Å². The Morgan fingerprint density at radius 3 is 2.56 bits per heavy atom. The zero-order chi connectivity index (χ0) is 20.1. The van der Waals surface area contributed by atoms with Gasteiger partial charge in [-0.3, -0.25) is 0 Å². The number of hydrogen-bond acceptors (Lipinski definition) is 4. The van der Waals surface area contributed by atoms with Crippen molar-refractivity contribution >= 4 is 15.5 Å². The van der Waals surface area contributed by atoms with E-state index in [-0.39, 0.29) is 11.4 Å². The summed E-state index contributed by atoms with van der Waals surface area (Å²) in [4.78, 5) is 2.40. The molecule has 142 valence electrons. The molecule has 10 heteroatoms. The van der Waals surface area contributed by atoms with Gasteiger partial charge in [0, 0.05) is 11.6 Å². The smallest absolute Gasteiger partial charge is 0.267 e. The van der Waals surface area contributed by atoms with Crippen LogP contribution in [-0.4, -0.2) is 13.4 Å². The Labute approximate surface area is 152 Å². The molecular formula is C17H12F4N2O3S. The van der Waals surface area contributed by atoms with Crippen molar-refractivity contribution in [3.05, 3.63) is 58.7 Å². The van der Waals surface area contributed by atoms with Crippen LogP contribution in [0.1, 0.15) is 30.5 Å². The molecule has 0 bridgehead atoms. The maximum absolute atomic E-state index is 14.6. The highest BCUT2D eigenvalue weighted by atomic mass is 32.2. The van der Waals surface area contributed by atoms with E-state index >= 15 is 0 Å². The third-order valence-electron chi connectivity index (χ3n) is 4.32. The third kappa shape index (κ3) is 2.83. The van der Waals surface area contributed by atoms with Gasteiger partial charge >= 0.3 is 0 Å². The fourth-order valence-electron chi connectivity index (χ4n) is 2.90. The van der Waals surface area contributed by atoms with Crippen molar-refractivity contribution in [2.45, 2.75) is 29.3 Å². The van der Waals surface area contributed by atoms with E-state index in [2.05, 4.69) is 4.85 Å². The minimum atomic E-state index is -4.58. The Balaban J connectivity index is 2.20. The number of halogens is 4. The first kappa shape index (κ1) is 19.1. The van der Waals surface area contributed by atoms with E-state index in [1.807, 2.05) is 0 Å². The van der Waals surface area contributed by atoms with E-state index in [0.29, 0.717) is 6.92 Å². The van der Waals surface area contributed by atoms with E-state index in [4.69, 9.17) is 17.0 Å². The van der Waals surface area contributed by atoms with Gasteiger partial charge in [-0.25, -0.2) is 30.8 Å². The van der Waals surface area contributed by atoms with Crippen molar-refractivity contribution in [2.24, 2.45) is 5.73 Å². The number of hydrogen-bond donors (Lipinski definition) is 1. The molecule has 27 heavy (non-hydrogen) atoms. The summed E-state index contributed by atoms with van der Waals surface area (Å²) in [6.07, 6.45) is -3.24. The van der Waals surface area contributed by atoms with Gasteiger partial charge in [-0.1, -0.05) is 0 Å². The summed E-state index contributed by atoms with van der Waals surface area (Å²) < 4.78 is 85.4. The first-order valence-corrected chi connectivity index (χ1v) is 8.99. The molecule has 1 aliphatic rings. The van der Waals surface area contributed by atoms with Gasteiger partial charge in [-0.2, -0.15) is 0 Å². The molecule has 0 amide bonds. The molecule has 2 unspecified atom stereocenters. The van der Waals surface area contributed by atoms with Crippen LogP contribution in [0.3, 0.4) is 0 Å². The predicted octanol–water partition coefficient (Wildman–Crippen LogP) is 4.58. The second kappa shape index (κ2) is 6.21. The molecule has 2 atom stereocenters. The number of fused-ring (bicyclic) bond motifs is 1. The van der Waals surface area contributed by atoms with Gasteiger partial charge in [0.25, 0.3) is 6.43 Å². The average Bonchev–Trinajstić information content (AvgIpc) is 2.71. The molecule has 2 aromatic carbocycles. The highest BCUT2D eigenvalue weighted by Crippen LogP contribution is 2.52. The molecule has 0 spiro atoms. The number of sulfone groups is 1. The van der Waals surface area contributed by atoms with Crippen molar-refractivity contribution in [3.63, 3.8) is 0 Å². The Bertz CT molecular complexity index is 1080. The van der Waals surface area contributed by atoms with Crippen LogP contribution in [0.2, 0.25) is 0 Å². The average molecular weight is 400 g/mol. The second-order valence-electron chi connectivity index (χ2n) is 6.02. The summed E-state index contributed by atoms with van der Waals surface area (Å²) in [6.45, 7) is 7.61. The first-order valence-electron chi connectivity index (χ1n) is 7.50. The van der Waals surface area contributed by atoms with Crippen molar-refractivity contribution in [1.29, 1.82) is 0 Å². The van der Waals surface area contributed by atoms with Gasteiger partial charge in [0.15, 0.2) is 5.69 Å². The number of nitrogens with zero attached hydrogens (tertiary/aromatic N) is 1. The SMILES string of the molecule is [C-]#[N+]c1cc(F)cc(Oc2ccc3c(c2C(F)F)C(N)C(C)(F)S3(=O)=O)c1. The van der Waals surface area contributed by atoms with E-state index in [0.717, 1.165) is 30.3 Å². The zero-order valence-corrected chi connectivity index (χ0v) is 14.5. The van der Waals surface area contributed by atoms with Gasteiger partial charge in [0.05, 0.1) is 23.1 Å². The van der Waals surface area contributed by atoms with Crippen LogP contribution in [-0.2, 0) is 9.84 Å². The number of alkyl halides is 3. The van der Waals surface area contributed by atoms with Crippen LogP contribution < -0.4 is 10.5 Å². The lowest BCUT2D eigenvalue weighted by molar-refractivity contribution is 0.144. The Hall–Kier alpha value is -2.64. The van der Waals surface area contributed by atoms with Crippen molar-refractivity contribution in [2.75, 3.05) is 0 Å². The first-order chi connectivity index (χ1) is 12.5. The molecule has 0 saturated carbocycles. The number of ether oxygens (including phenoxy) is 1. The summed E-state index contributed by atoms with van der Waals surface area (Å²) in [6, 6.07) is 2.91. The Morgan fingerprint density at radius 2 is 1.96 bits per heavy atom. The van der Waals surface area contributed by atoms with Crippen LogP contribution in [0.15, 0.2) is 35.2 Å². The van der Waals surface area contributed by atoms with E-state index in [9.17, 15) is 26.0 Å². The van der Waals surface area contributed by atoms with Gasteiger partial charge in [-0.05, 0) is 31.2 Å². The van der Waals surface area contributed by atoms with E-state index in [1.54, 1.807) is 0 Å². The summed E-state index contributed by atoms with van der Waals surface area (Å²) in [5, 5.41) is -2.96. The van der Waals surface area contributed by atoms with Crippen molar-refractivity contribution in [3.8, 4) is 11.5 Å². The molecule has 1 heterocycles. The molecular weight excluding hydrogens is 388 g/mol. The number of benzene rings is 2. The van der Waals surface area contributed by atoms with E-state index < -0.39 is 54.9 Å². The molecule has 0 saturated heterocycles. The highest BCUT2D eigenvalue weighted by Gasteiger charge is 2.56. The summed E-state index contributed by atoms with van der Waals surface area (Å²) in [5.41, 5.74) is 4.04. The molecule has 3 rings (SSSR count). The predicted molar refractivity (Wildman–Crippen MR) is 87.8 cm³/mol. The summed E-state index contributed by atoms with van der Waals surface area (Å²) in [7, 11) is -4.58. The van der Waals surface area contributed by atoms with E-state index in [1.165, 1.54) is 0 Å². The Kier molecular flexibility index (Phi) is 4.40. The van der Waals surface area contributed by atoms with Crippen LogP contribution in [0, 0.1) is 12.4 Å². The van der Waals surface area contributed by atoms with Gasteiger partial charge in [0.2, 0.25) is 14.8 Å². The van der Waals surface area contributed by atoms with Gasteiger partial charge in [0.1, 0.15) is 17.3 Å². The summed E-state index contributed by atoms with van der Waals surface area (Å²) in [5.74, 6) is -1.58. The van der Waals surface area contributed by atoms with Crippen molar-refractivity contribution < 1.29 is 30.7 Å². The lowest BCUT2D eigenvalue weighted by Gasteiger charge is -2.19. The molecule has 5 nitrogen and oxygen atoms in total. The van der Waals surface area contributed by atoms with Crippen LogP contribution in [0.25, 0.3) is 4.85 Å². The second-order valence-corrected chi connectivity index (χ2v) is 8.26. The standard InChI is InChI=1S/C17H12F4N2O3S/c1-17(21)15(22)14-12(27(17,24)25)4-3-11(13(14)16(19)20)26-10-6-8(18)5-9(7-10)23-2/h3-7,15-16H,22H2,1H3. The molecule has 2 aromatic rings. The van der Waals surface area contributed by atoms with Gasteiger partial charge in [-0.15, -0.1) is 0 Å². The maximum Gasteiger partial charge on any atom is 0.267 e. The minimum Gasteiger partial charge on any atom is -0.458 e. The quantitative estimate of drug-likeness (QED) is 0.605. The lowest BCUT2D eigenvalue weighted by atomic mass is 9.97. The monoisotopic (exact) mass is 400 g/mol. The van der Waals surface area contributed by atoms with Crippen LogP contribution in [0.4, 0.5) is 23.2 Å².